The standard InChI is InChI=1S/C15H24N4O2/c1-17-12-16-9-13(17)14(20)19-8-4-5-15(21,11-19)10-18-6-2-3-7-18/h9,12,21H,2-8,10-11H2,1H3. The number of imidazole rings is 1. The summed E-state index contributed by atoms with van der Waals surface area (Å²) in [5.74, 6) is -0.0328. The van der Waals surface area contributed by atoms with Gasteiger partial charge in [0, 0.05) is 20.1 Å². The van der Waals surface area contributed by atoms with E-state index < -0.39 is 5.60 Å². The van der Waals surface area contributed by atoms with Crippen molar-refractivity contribution in [1.82, 2.24) is 19.4 Å². The third kappa shape index (κ3) is 3.11. The minimum Gasteiger partial charge on any atom is -0.387 e. The van der Waals surface area contributed by atoms with E-state index in [0.717, 1.165) is 25.9 Å². The number of β-amino-alcohol motifs (C(OH)–C–C–N with tert-alkyl or cyclic N) is 1. The molecule has 1 aromatic rings. The van der Waals surface area contributed by atoms with Gasteiger partial charge >= 0.3 is 0 Å². The van der Waals surface area contributed by atoms with Crippen LogP contribution in [-0.4, -0.2) is 68.7 Å². The molecule has 0 aromatic carbocycles. The van der Waals surface area contributed by atoms with Crippen LogP contribution in [0.25, 0.3) is 0 Å². The Hall–Kier alpha value is -1.40. The quantitative estimate of drug-likeness (QED) is 0.880. The van der Waals surface area contributed by atoms with Crippen molar-refractivity contribution < 1.29 is 9.90 Å². The van der Waals surface area contributed by atoms with E-state index in [1.165, 1.54) is 12.8 Å². The molecule has 0 spiro atoms. The van der Waals surface area contributed by atoms with E-state index in [0.29, 0.717) is 25.3 Å². The first-order chi connectivity index (χ1) is 10.1. The molecule has 21 heavy (non-hydrogen) atoms. The van der Waals surface area contributed by atoms with Gasteiger partial charge in [-0.15, -0.1) is 0 Å². The van der Waals surface area contributed by atoms with E-state index in [2.05, 4.69) is 9.88 Å². The van der Waals surface area contributed by atoms with E-state index in [1.54, 1.807) is 22.0 Å². The first-order valence-electron chi connectivity index (χ1n) is 7.78. The van der Waals surface area contributed by atoms with Crippen molar-refractivity contribution in [2.45, 2.75) is 31.3 Å². The maximum Gasteiger partial charge on any atom is 0.272 e. The Morgan fingerprint density at radius 1 is 1.33 bits per heavy atom. The van der Waals surface area contributed by atoms with Crippen molar-refractivity contribution in [2.75, 3.05) is 32.7 Å². The second kappa shape index (κ2) is 5.77. The number of likely N-dealkylation sites (tertiary alicyclic amines) is 2. The second-order valence-corrected chi connectivity index (χ2v) is 6.43. The van der Waals surface area contributed by atoms with Crippen LogP contribution < -0.4 is 0 Å². The van der Waals surface area contributed by atoms with Crippen LogP contribution >= 0.6 is 0 Å². The fourth-order valence-corrected chi connectivity index (χ4v) is 3.50. The highest BCUT2D eigenvalue weighted by Gasteiger charge is 2.37. The molecular formula is C15H24N4O2. The summed E-state index contributed by atoms with van der Waals surface area (Å²) in [6, 6.07) is 0. The number of hydrogen-bond donors (Lipinski definition) is 1. The van der Waals surface area contributed by atoms with Crippen LogP contribution in [-0.2, 0) is 7.05 Å². The zero-order valence-electron chi connectivity index (χ0n) is 12.7. The predicted molar refractivity (Wildman–Crippen MR) is 79.0 cm³/mol. The zero-order chi connectivity index (χ0) is 14.9. The summed E-state index contributed by atoms with van der Waals surface area (Å²) < 4.78 is 1.73. The Balaban J connectivity index is 1.67. The number of nitrogens with zero attached hydrogens (tertiary/aromatic N) is 4. The van der Waals surface area contributed by atoms with Gasteiger partial charge < -0.3 is 19.5 Å². The van der Waals surface area contributed by atoms with Gasteiger partial charge in [0.1, 0.15) is 5.69 Å². The maximum absolute atomic E-state index is 12.5. The average molecular weight is 292 g/mol. The van der Waals surface area contributed by atoms with E-state index in [1.807, 2.05) is 7.05 Å². The summed E-state index contributed by atoms with van der Waals surface area (Å²) in [7, 11) is 1.82. The second-order valence-electron chi connectivity index (χ2n) is 6.43. The zero-order valence-corrected chi connectivity index (χ0v) is 12.7. The number of amides is 1. The van der Waals surface area contributed by atoms with Gasteiger partial charge in [-0.3, -0.25) is 4.79 Å². The molecule has 0 bridgehead atoms. The molecular weight excluding hydrogens is 268 g/mol. The Kier molecular flexibility index (Phi) is 3.99. The smallest absolute Gasteiger partial charge is 0.272 e. The SMILES string of the molecule is Cn1cncc1C(=O)N1CCCC(O)(CN2CCCC2)C1. The van der Waals surface area contributed by atoms with E-state index in [-0.39, 0.29) is 5.91 Å². The average Bonchev–Trinajstić information content (AvgIpc) is 3.09. The molecule has 1 amide bonds. The summed E-state index contributed by atoms with van der Waals surface area (Å²) in [6.07, 6.45) is 7.29. The summed E-state index contributed by atoms with van der Waals surface area (Å²) in [5.41, 5.74) is -0.183. The first kappa shape index (κ1) is 14.5. The van der Waals surface area contributed by atoms with Gasteiger partial charge in [-0.2, -0.15) is 0 Å². The molecule has 2 saturated heterocycles. The van der Waals surface area contributed by atoms with E-state index in [9.17, 15) is 9.90 Å². The summed E-state index contributed by atoms with van der Waals surface area (Å²) in [6.45, 7) is 3.96. The van der Waals surface area contributed by atoms with E-state index >= 15 is 0 Å². The highest BCUT2D eigenvalue weighted by Crippen LogP contribution is 2.25. The molecule has 3 rings (SSSR count). The van der Waals surface area contributed by atoms with Crippen LogP contribution in [0.5, 0.6) is 0 Å². The Bertz CT molecular complexity index is 510. The van der Waals surface area contributed by atoms with Crippen LogP contribution in [0.4, 0.5) is 0 Å². The van der Waals surface area contributed by atoms with Crippen molar-refractivity contribution in [2.24, 2.45) is 7.05 Å². The lowest BCUT2D eigenvalue weighted by molar-refractivity contribution is -0.0433. The van der Waals surface area contributed by atoms with Gasteiger partial charge in [-0.25, -0.2) is 4.98 Å². The van der Waals surface area contributed by atoms with Gasteiger partial charge in [0.05, 0.1) is 24.7 Å². The Morgan fingerprint density at radius 2 is 2.10 bits per heavy atom. The molecule has 0 radical (unpaired) electrons. The number of carbonyl (C=O) groups excluding carboxylic acids is 1. The molecule has 116 valence electrons. The van der Waals surface area contributed by atoms with Gasteiger partial charge in [-0.1, -0.05) is 0 Å². The molecule has 1 unspecified atom stereocenters. The topological polar surface area (TPSA) is 61.6 Å². The maximum atomic E-state index is 12.5. The highest BCUT2D eigenvalue weighted by atomic mass is 16.3. The molecule has 1 atom stereocenters. The number of aryl methyl sites for hydroxylation is 1. The van der Waals surface area contributed by atoms with Crippen molar-refractivity contribution in [3.8, 4) is 0 Å². The molecule has 1 N–H and O–H groups in total. The largest absolute Gasteiger partial charge is 0.387 e. The lowest BCUT2D eigenvalue weighted by Gasteiger charge is -2.41. The Morgan fingerprint density at radius 3 is 2.76 bits per heavy atom. The monoisotopic (exact) mass is 292 g/mol. The van der Waals surface area contributed by atoms with E-state index in [4.69, 9.17) is 0 Å². The number of aliphatic hydroxyl groups is 1. The molecule has 6 heteroatoms. The predicted octanol–water partition coefficient (Wildman–Crippen LogP) is 0.483. The highest BCUT2D eigenvalue weighted by molar-refractivity contribution is 5.92. The molecule has 2 aliphatic heterocycles. The molecule has 2 fully saturated rings. The van der Waals surface area contributed by atoms with Crippen molar-refractivity contribution in [3.05, 3.63) is 18.2 Å². The lowest BCUT2D eigenvalue weighted by atomic mass is 9.92. The Labute approximate surface area is 125 Å². The normalized spacial score (nSPS) is 27.2. The molecule has 2 aliphatic rings. The van der Waals surface area contributed by atoms with Gasteiger partial charge in [-0.05, 0) is 38.8 Å². The fraction of sp³-hybridized carbons (Fsp3) is 0.733. The molecule has 0 aliphatic carbocycles. The molecule has 3 heterocycles. The van der Waals surface area contributed by atoms with Crippen LogP contribution in [0.2, 0.25) is 0 Å². The minimum absolute atomic E-state index is 0.0328. The van der Waals surface area contributed by atoms with Gasteiger partial charge in [0.2, 0.25) is 0 Å². The van der Waals surface area contributed by atoms with Crippen LogP contribution in [0.1, 0.15) is 36.2 Å². The van der Waals surface area contributed by atoms with Crippen molar-refractivity contribution in [1.29, 1.82) is 0 Å². The number of hydrogen-bond acceptors (Lipinski definition) is 4. The van der Waals surface area contributed by atoms with Gasteiger partial charge in [0.25, 0.3) is 5.91 Å². The number of carbonyl (C=O) groups is 1. The molecule has 0 saturated carbocycles. The van der Waals surface area contributed by atoms with Crippen LogP contribution in [0.3, 0.4) is 0 Å². The van der Waals surface area contributed by atoms with Crippen molar-refractivity contribution in [3.63, 3.8) is 0 Å². The van der Waals surface area contributed by atoms with Crippen LogP contribution in [0.15, 0.2) is 12.5 Å². The minimum atomic E-state index is -0.767. The molecule has 6 nitrogen and oxygen atoms in total. The fourth-order valence-electron chi connectivity index (χ4n) is 3.50. The van der Waals surface area contributed by atoms with Crippen LogP contribution in [0, 0.1) is 0 Å². The first-order valence-corrected chi connectivity index (χ1v) is 7.78. The number of rotatable bonds is 3. The van der Waals surface area contributed by atoms with Gasteiger partial charge in [0.15, 0.2) is 0 Å². The summed E-state index contributed by atoms with van der Waals surface area (Å²) >= 11 is 0. The lowest BCUT2D eigenvalue weighted by Crippen LogP contribution is -2.55. The third-order valence-corrected chi connectivity index (χ3v) is 4.59. The summed E-state index contributed by atoms with van der Waals surface area (Å²) in [4.78, 5) is 20.6. The summed E-state index contributed by atoms with van der Waals surface area (Å²) in [5, 5.41) is 10.9. The van der Waals surface area contributed by atoms with Crippen molar-refractivity contribution >= 4 is 5.91 Å². The number of aromatic nitrogens is 2. The number of piperidine rings is 1. The molecule has 1 aromatic heterocycles. The third-order valence-electron chi connectivity index (χ3n) is 4.59.